The molecule has 9 nitrogen and oxygen atoms in total. The van der Waals surface area contributed by atoms with Gasteiger partial charge in [-0.3, -0.25) is 14.9 Å². The van der Waals surface area contributed by atoms with Crippen LogP contribution in [0.1, 0.15) is 50.1 Å². The quantitative estimate of drug-likeness (QED) is 0.409. The minimum absolute atomic E-state index is 0.00634. The second-order valence-corrected chi connectivity index (χ2v) is 9.44. The van der Waals surface area contributed by atoms with E-state index in [1.54, 1.807) is 19.1 Å². The van der Waals surface area contributed by atoms with Crippen LogP contribution < -0.4 is 10.6 Å². The molecule has 0 saturated carbocycles. The third kappa shape index (κ3) is 5.75. The molecular formula is C28H34N6O3. The van der Waals surface area contributed by atoms with E-state index in [9.17, 15) is 9.59 Å². The van der Waals surface area contributed by atoms with Gasteiger partial charge in [-0.2, -0.15) is 5.26 Å². The molecule has 1 saturated heterocycles. The molecule has 2 heterocycles. The standard InChI is InChI=1S/C28H34N6O3/c1-4-37-26(35)13-14-31-28(2,27(36)34-15-5-6-16-34)21-9-12-24-23(17-21)32-25(33(24)3)19-30-22-10-7-20(18-29)8-11-22/h7-12,17,30-31H,4-6,13-16,19H2,1-3H3. The van der Waals surface area contributed by atoms with Crippen molar-refractivity contribution in [1.29, 1.82) is 5.26 Å². The van der Waals surface area contributed by atoms with Crippen LogP contribution in [0.25, 0.3) is 11.0 Å². The zero-order valence-corrected chi connectivity index (χ0v) is 21.7. The number of benzene rings is 2. The summed E-state index contributed by atoms with van der Waals surface area (Å²) in [6.07, 6.45) is 2.19. The summed E-state index contributed by atoms with van der Waals surface area (Å²) >= 11 is 0. The van der Waals surface area contributed by atoms with Crippen molar-refractivity contribution in [3.8, 4) is 6.07 Å². The van der Waals surface area contributed by atoms with Crippen molar-refractivity contribution >= 4 is 28.6 Å². The van der Waals surface area contributed by atoms with Gasteiger partial charge in [0.25, 0.3) is 0 Å². The molecule has 2 N–H and O–H groups in total. The van der Waals surface area contributed by atoms with E-state index in [2.05, 4.69) is 16.7 Å². The number of carbonyl (C=O) groups is 2. The Morgan fingerprint density at radius 1 is 1.16 bits per heavy atom. The van der Waals surface area contributed by atoms with E-state index < -0.39 is 5.54 Å². The van der Waals surface area contributed by atoms with Crippen LogP contribution in [0.3, 0.4) is 0 Å². The van der Waals surface area contributed by atoms with E-state index in [1.165, 1.54) is 0 Å². The van der Waals surface area contributed by atoms with Crippen LogP contribution in [-0.4, -0.2) is 52.6 Å². The predicted molar refractivity (Wildman–Crippen MR) is 142 cm³/mol. The molecule has 4 rings (SSSR count). The Hall–Kier alpha value is -3.90. The highest BCUT2D eigenvalue weighted by Crippen LogP contribution is 2.29. The van der Waals surface area contributed by atoms with Gasteiger partial charge in [0.1, 0.15) is 11.4 Å². The number of carbonyl (C=O) groups excluding carboxylic acids is 2. The number of fused-ring (bicyclic) bond motifs is 1. The molecule has 3 aromatic rings. The molecule has 0 aliphatic carbocycles. The van der Waals surface area contributed by atoms with Crippen LogP contribution in [0, 0.1) is 11.3 Å². The van der Waals surface area contributed by atoms with E-state index in [1.807, 2.05) is 53.8 Å². The number of hydrogen-bond donors (Lipinski definition) is 2. The van der Waals surface area contributed by atoms with Crippen LogP contribution in [0.2, 0.25) is 0 Å². The smallest absolute Gasteiger partial charge is 0.307 e. The van der Waals surface area contributed by atoms with Crippen molar-refractivity contribution in [2.24, 2.45) is 7.05 Å². The monoisotopic (exact) mass is 502 g/mol. The van der Waals surface area contributed by atoms with Crippen molar-refractivity contribution in [3.63, 3.8) is 0 Å². The zero-order valence-electron chi connectivity index (χ0n) is 21.7. The fourth-order valence-electron chi connectivity index (χ4n) is 4.75. The first-order valence-electron chi connectivity index (χ1n) is 12.8. The fourth-order valence-corrected chi connectivity index (χ4v) is 4.75. The Bertz CT molecular complexity index is 1300. The van der Waals surface area contributed by atoms with Gasteiger partial charge in [-0.25, -0.2) is 4.98 Å². The number of hydrogen-bond acceptors (Lipinski definition) is 7. The first-order valence-corrected chi connectivity index (χ1v) is 12.8. The molecule has 37 heavy (non-hydrogen) atoms. The van der Waals surface area contributed by atoms with Gasteiger partial charge >= 0.3 is 5.97 Å². The molecule has 2 aromatic carbocycles. The summed E-state index contributed by atoms with van der Waals surface area (Å²) in [5.74, 6) is 0.566. The second kappa shape index (κ2) is 11.4. The maximum Gasteiger partial charge on any atom is 0.307 e. The highest BCUT2D eigenvalue weighted by atomic mass is 16.5. The van der Waals surface area contributed by atoms with Gasteiger partial charge in [0, 0.05) is 32.4 Å². The number of nitriles is 1. The van der Waals surface area contributed by atoms with E-state index in [0.717, 1.165) is 54.0 Å². The molecule has 9 heteroatoms. The summed E-state index contributed by atoms with van der Waals surface area (Å²) in [6.45, 7) is 6.32. The summed E-state index contributed by atoms with van der Waals surface area (Å²) in [4.78, 5) is 32.3. The number of amides is 1. The van der Waals surface area contributed by atoms with Gasteiger partial charge in [-0.05, 0) is 68.7 Å². The van der Waals surface area contributed by atoms with Crippen LogP contribution >= 0.6 is 0 Å². The first-order chi connectivity index (χ1) is 17.9. The van der Waals surface area contributed by atoms with E-state index in [4.69, 9.17) is 15.0 Å². The van der Waals surface area contributed by atoms with Crippen molar-refractivity contribution in [1.82, 2.24) is 19.8 Å². The Balaban J connectivity index is 1.57. The molecule has 1 aromatic heterocycles. The first kappa shape index (κ1) is 26.2. The highest BCUT2D eigenvalue weighted by Gasteiger charge is 2.39. The lowest BCUT2D eigenvalue weighted by atomic mass is 9.89. The maximum atomic E-state index is 13.7. The third-order valence-electron chi connectivity index (χ3n) is 6.95. The predicted octanol–water partition coefficient (Wildman–Crippen LogP) is 3.44. The van der Waals surface area contributed by atoms with Crippen molar-refractivity contribution in [2.75, 3.05) is 31.6 Å². The number of nitrogens with one attached hydrogen (secondary N) is 2. The Morgan fingerprint density at radius 2 is 1.89 bits per heavy atom. The molecule has 1 fully saturated rings. The SMILES string of the molecule is CCOC(=O)CCNC(C)(C(=O)N1CCCC1)c1ccc2c(c1)nc(CNc1ccc(C#N)cc1)n2C. The number of aryl methyl sites for hydroxylation is 1. The lowest BCUT2D eigenvalue weighted by molar-refractivity contribution is -0.144. The largest absolute Gasteiger partial charge is 0.466 e. The minimum Gasteiger partial charge on any atom is -0.466 e. The van der Waals surface area contributed by atoms with E-state index >= 15 is 0 Å². The van der Waals surface area contributed by atoms with Gasteiger partial charge in [0.15, 0.2) is 0 Å². The molecule has 0 spiro atoms. The summed E-state index contributed by atoms with van der Waals surface area (Å²) in [7, 11) is 1.97. The van der Waals surface area contributed by atoms with Crippen molar-refractivity contribution < 1.29 is 14.3 Å². The minimum atomic E-state index is -0.997. The number of ether oxygens (including phenoxy) is 1. The number of aromatic nitrogens is 2. The number of nitrogens with zero attached hydrogens (tertiary/aromatic N) is 4. The Kier molecular flexibility index (Phi) is 8.09. The van der Waals surface area contributed by atoms with Crippen LogP contribution in [0.5, 0.6) is 0 Å². The van der Waals surface area contributed by atoms with Crippen LogP contribution in [0.4, 0.5) is 5.69 Å². The summed E-state index contributed by atoms with van der Waals surface area (Å²) in [6, 6.07) is 15.3. The molecule has 0 radical (unpaired) electrons. The number of rotatable bonds is 10. The molecule has 1 atom stereocenters. The Morgan fingerprint density at radius 3 is 2.57 bits per heavy atom. The summed E-state index contributed by atoms with van der Waals surface area (Å²) in [5, 5.41) is 15.7. The second-order valence-electron chi connectivity index (χ2n) is 9.44. The van der Waals surface area contributed by atoms with Crippen molar-refractivity contribution in [2.45, 2.75) is 45.2 Å². The van der Waals surface area contributed by atoms with E-state index in [-0.39, 0.29) is 18.3 Å². The van der Waals surface area contributed by atoms with Crippen LogP contribution in [0.15, 0.2) is 42.5 Å². The number of esters is 1. The van der Waals surface area contributed by atoms with Gasteiger partial charge in [0.05, 0.1) is 42.2 Å². The topological polar surface area (TPSA) is 112 Å². The third-order valence-corrected chi connectivity index (χ3v) is 6.95. The van der Waals surface area contributed by atoms with Crippen LogP contribution in [-0.2, 0) is 33.5 Å². The molecule has 1 amide bonds. The normalized spacial score (nSPS) is 14.8. The lowest BCUT2D eigenvalue weighted by Crippen LogP contribution is -2.53. The average Bonchev–Trinajstić information content (AvgIpc) is 3.55. The van der Waals surface area contributed by atoms with Gasteiger partial charge in [-0.1, -0.05) is 6.07 Å². The molecule has 0 bridgehead atoms. The number of anilines is 1. The number of imidazole rings is 1. The van der Waals surface area contributed by atoms with Gasteiger partial charge in [0.2, 0.25) is 5.91 Å². The number of likely N-dealkylation sites (tertiary alicyclic amines) is 1. The highest BCUT2D eigenvalue weighted by molar-refractivity contribution is 5.89. The fraction of sp³-hybridized carbons (Fsp3) is 0.429. The Labute approximate surface area is 217 Å². The maximum absolute atomic E-state index is 13.7. The molecule has 1 aliphatic rings. The summed E-state index contributed by atoms with van der Waals surface area (Å²) < 4.78 is 7.09. The van der Waals surface area contributed by atoms with Gasteiger partial charge < -0.3 is 19.5 Å². The average molecular weight is 503 g/mol. The van der Waals surface area contributed by atoms with E-state index in [0.29, 0.717) is 25.3 Å². The van der Waals surface area contributed by atoms with Crippen molar-refractivity contribution in [3.05, 3.63) is 59.4 Å². The molecular weight excluding hydrogens is 468 g/mol. The molecule has 194 valence electrons. The summed E-state index contributed by atoms with van der Waals surface area (Å²) in [5.41, 5.74) is 3.09. The lowest BCUT2D eigenvalue weighted by Gasteiger charge is -2.34. The molecule has 1 unspecified atom stereocenters. The molecule has 1 aliphatic heterocycles. The van der Waals surface area contributed by atoms with Gasteiger partial charge in [-0.15, -0.1) is 0 Å². The zero-order chi connectivity index (χ0) is 26.4.